The Morgan fingerprint density at radius 1 is 1.46 bits per heavy atom. The first-order valence-corrected chi connectivity index (χ1v) is 4.84. The summed E-state index contributed by atoms with van der Waals surface area (Å²) >= 11 is 0. The van der Waals surface area contributed by atoms with E-state index in [9.17, 15) is 4.39 Å². The summed E-state index contributed by atoms with van der Waals surface area (Å²) in [6, 6.07) is 0. The van der Waals surface area contributed by atoms with Crippen LogP contribution in [0.4, 0.5) is 4.39 Å². The highest BCUT2D eigenvalue weighted by Gasteiger charge is 2.25. The van der Waals surface area contributed by atoms with Crippen LogP contribution in [0.3, 0.4) is 0 Å². The van der Waals surface area contributed by atoms with Crippen LogP contribution in [-0.4, -0.2) is 12.8 Å². The largest absolute Gasteiger partial charge is 0.493 e. The van der Waals surface area contributed by atoms with Gasteiger partial charge >= 0.3 is 0 Å². The third kappa shape index (κ3) is 1.62. The Morgan fingerprint density at radius 3 is 3.00 bits per heavy atom. The highest BCUT2D eigenvalue weighted by Crippen LogP contribution is 2.34. The molecular weight excluding hydrogens is 167 g/mol. The molecule has 0 radical (unpaired) electrons. The Balaban J connectivity index is 2.24. The smallest absolute Gasteiger partial charge is 0.125 e. The van der Waals surface area contributed by atoms with Gasteiger partial charge in [0.1, 0.15) is 11.9 Å². The normalized spacial score (nSPS) is 33.6. The van der Waals surface area contributed by atoms with Gasteiger partial charge in [-0.15, -0.1) is 0 Å². The second-order valence-corrected chi connectivity index (χ2v) is 4.15. The zero-order valence-electron chi connectivity index (χ0n) is 8.14. The van der Waals surface area contributed by atoms with E-state index >= 15 is 0 Å². The molecule has 0 amide bonds. The van der Waals surface area contributed by atoms with Crippen molar-refractivity contribution in [1.29, 1.82) is 0 Å². The van der Waals surface area contributed by atoms with Crippen LogP contribution >= 0.6 is 0 Å². The topological polar surface area (TPSA) is 9.23 Å². The summed E-state index contributed by atoms with van der Waals surface area (Å²) in [6.45, 7) is 4.75. The van der Waals surface area contributed by atoms with Crippen LogP contribution in [0.2, 0.25) is 0 Å². The summed E-state index contributed by atoms with van der Waals surface area (Å²) in [5.41, 5.74) is 1.96. The molecule has 0 aromatic heterocycles. The molecule has 1 heterocycles. The van der Waals surface area contributed by atoms with Crippen molar-refractivity contribution in [2.24, 2.45) is 5.92 Å². The molecule has 0 aromatic rings. The number of alkyl halides is 1. The van der Waals surface area contributed by atoms with Crippen LogP contribution in [0.25, 0.3) is 0 Å². The lowest BCUT2D eigenvalue weighted by Crippen LogP contribution is -2.20. The second-order valence-electron chi connectivity index (χ2n) is 4.15. The van der Waals surface area contributed by atoms with Gasteiger partial charge in [0.05, 0.1) is 6.61 Å². The van der Waals surface area contributed by atoms with Gasteiger partial charge in [0, 0.05) is 6.42 Å². The van der Waals surface area contributed by atoms with Gasteiger partial charge in [0.25, 0.3) is 0 Å². The van der Waals surface area contributed by atoms with Crippen molar-refractivity contribution in [3.8, 4) is 0 Å². The molecule has 1 nitrogen and oxygen atoms in total. The van der Waals surface area contributed by atoms with Gasteiger partial charge in [-0.2, -0.15) is 0 Å². The SMILES string of the molecule is CC1=CC2=C(CC(C)CO2)C[C@@H]1F. The summed E-state index contributed by atoms with van der Waals surface area (Å²) in [5.74, 6) is 1.47. The van der Waals surface area contributed by atoms with E-state index in [-0.39, 0.29) is 0 Å². The minimum absolute atomic E-state index is 0.540. The fourth-order valence-electron chi connectivity index (χ4n) is 1.92. The van der Waals surface area contributed by atoms with E-state index in [0.29, 0.717) is 12.3 Å². The van der Waals surface area contributed by atoms with E-state index in [4.69, 9.17) is 4.74 Å². The quantitative estimate of drug-likeness (QED) is 0.559. The van der Waals surface area contributed by atoms with Gasteiger partial charge in [-0.1, -0.05) is 6.92 Å². The molecule has 2 atom stereocenters. The Morgan fingerprint density at radius 2 is 2.23 bits per heavy atom. The van der Waals surface area contributed by atoms with Gasteiger partial charge in [-0.05, 0) is 36.5 Å². The van der Waals surface area contributed by atoms with Gasteiger partial charge in [0.15, 0.2) is 0 Å². The Kier molecular flexibility index (Phi) is 2.14. The molecule has 1 aliphatic heterocycles. The number of allylic oxidation sites excluding steroid dienone is 3. The second kappa shape index (κ2) is 3.17. The first-order chi connectivity index (χ1) is 6.16. The number of ether oxygens (including phenoxy) is 1. The number of halogens is 1. The van der Waals surface area contributed by atoms with Crippen molar-refractivity contribution < 1.29 is 9.13 Å². The Labute approximate surface area is 78.3 Å². The van der Waals surface area contributed by atoms with Crippen LogP contribution in [0.1, 0.15) is 26.7 Å². The zero-order valence-corrected chi connectivity index (χ0v) is 8.14. The van der Waals surface area contributed by atoms with E-state index in [0.717, 1.165) is 29.9 Å². The van der Waals surface area contributed by atoms with Crippen LogP contribution in [-0.2, 0) is 4.74 Å². The van der Waals surface area contributed by atoms with E-state index in [2.05, 4.69) is 6.92 Å². The molecule has 1 aliphatic carbocycles. The Hall–Kier alpha value is -0.790. The van der Waals surface area contributed by atoms with Crippen molar-refractivity contribution in [3.63, 3.8) is 0 Å². The predicted octanol–water partition coefficient (Wildman–Crippen LogP) is 2.99. The molecule has 0 fully saturated rings. The van der Waals surface area contributed by atoms with Crippen molar-refractivity contribution in [2.45, 2.75) is 32.9 Å². The lowest BCUT2D eigenvalue weighted by Gasteiger charge is -2.28. The monoisotopic (exact) mass is 182 g/mol. The van der Waals surface area contributed by atoms with Crippen molar-refractivity contribution in [2.75, 3.05) is 6.61 Å². The molecular formula is C11H15FO. The first kappa shape index (κ1) is 8.79. The fourth-order valence-corrected chi connectivity index (χ4v) is 1.92. The molecule has 0 spiro atoms. The highest BCUT2D eigenvalue weighted by atomic mass is 19.1. The average molecular weight is 182 g/mol. The van der Waals surface area contributed by atoms with Crippen LogP contribution < -0.4 is 0 Å². The molecule has 0 aromatic carbocycles. The number of hydrogen-bond donors (Lipinski definition) is 0. The van der Waals surface area contributed by atoms with Gasteiger partial charge in [-0.3, -0.25) is 0 Å². The van der Waals surface area contributed by atoms with E-state index in [1.165, 1.54) is 0 Å². The van der Waals surface area contributed by atoms with Crippen molar-refractivity contribution >= 4 is 0 Å². The zero-order chi connectivity index (χ0) is 9.42. The van der Waals surface area contributed by atoms with E-state index in [1.807, 2.05) is 13.0 Å². The summed E-state index contributed by atoms with van der Waals surface area (Å²) in [7, 11) is 0. The molecule has 0 bridgehead atoms. The van der Waals surface area contributed by atoms with Crippen molar-refractivity contribution in [3.05, 3.63) is 23.0 Å². The average Bonchev–Trinajstić information content (AvgIpc) is 2.08. The Bertz CT molecular complexity index is 278. The molecule has 0 saturated heterocycles. The summed E-state index contributed by atoms with van der Waals surface area (Å²) < 4.78 is 18.9. The lowest BCUT2D eigenvalue weighted by atomic mass is 9.88. The third-order valence-electron chi connectivity index (χ3n) is 2.75. The maximum atomic E-state index is 13.3. The van der Waals surface area contributed by atoms with Gasteiger partial charge in [0.2, 0.25) is 0 Å². The molecule has 2 rings (SSSR count). The molecule has 13 heavy (non-hydrogen) atoms. The lowest BCUT2D eigenvalue weighted by molar-refractivity contribution is 0.149. The molecule has 1 unspecified atom stereocenters. The third-order valence-corrected chi connectivity index (χ3v) is 2.75. The highest BCUT2D eigenvalue weighted by molar-refractivity contribution is 5.32. The molecule has 72 valence electrons. The van der Waals surface area contributed by atoms with Gasteiger partial charge < -0.3 is 4.74 Å². The standard InChI is InChI=1S/C11H15FO/c1-7-3-9-5-10(12)8(2)4-11(9)13-6-7/h4,7,10H,3,5-6H2,1-2H3/t7?,10-/m0/s1. The van der Waals surface area contributed by atoms with Crippen LogP contribution in [0, 0.1) is 5.92 Å². The number of hydrogen-bond acceptors (Lipinski definition) is 1. The summed E-state index contributed by atoms with van der Waals surface area (Å²) in [4.78, 5) is 0. The summed E-state index contributed by atoms with van der Waals surface area (Å²) in [6.07, 6.45) is 2.62. The van der Waals surface area contributed by atoms with Crippen LogP contribution in [0.15, 0.2) is 23.0 Å². The summed E-state index contributed by atoms with van der Waals surface area (Å²) in [5, 5.41) is 0. The molecule has 2 heteroatoms. The predicted molar refractivity (Wildman–Crippen MR) is 50.0 cm³/mol. The molecule has 0 N–H and O–H groups in total. The van der Waals surface area contributed by atoms with Gasteiger partial charge in [-0.25, -0.2) is 4.39 Å². The van der Waals surface area contributed by atoms with Crippen LogP contribution in [0.5, 0.6) is 0 Å². The van der Waals surface area contributed by atoms with Crippen molar-refractivity contribution in [1.82, 2.24) is 0 Å². The maximum Gasteiger partial charge on any atom is 0.125 e. The molecule has 2 aliphatic rings. The molecule has 0 saturated carbocycles. The fraction of sp³-hybridized carbons (Fsp3) is 0.636. The van der Waals surface area contributed by atoms with E-state index in [1.54, 1.807) is 0 Å². The number of rotatable bonds is 0. The minimum atomic E-state index is -0.785. The maximum absolute atomic E-state index is 13.3. The van der Waals surface area contributed by atoms with E-state index < -0.39 is 6.17 Å². The minimum Gasteiger partial charge on any atom is -0.493 e. The first-order valence-electron chi connectivity index (χ1n) is 4.84.